The summed E-state index contributed by atoms with van der Waals surface area (Å²) in [5, 5.41) is 6.12. The van der Waals surface area contributed by atoms with Crippen LogP contribution in [0.2, 0.25) is 0 Å². The SMILES string of the molecule is CC(C)CN[C@@H]1CNC(=O)C1. The summed E-state index contributed by atoms with van der Waals surface area (Å²) in [5.74, 6) is 0.831. The summed E-state index contributed by atoms with van der Waals surface area (Å²) in [5.41, 5.74) is 0. The summed E-state index contributed by atoms with van der Waals surface area (Å²) in [6.07, 6.45) is 0.646. The van der Waals surface area contributed by atoms with E-state index in [1.807, 2.05) is 0 Å². The monoisotopic (exact) mass is 156 g/mol. The van der Waals surface area contributed by atoms with Gasteiger partial charge >= 0.3 is 0 Å². The van der Waals surface area contributed by atoms with Crippen molar-refractivity contribution in [2.75, 3.05) is 13.1 Å². The van der Waals surface area contributed by atoms with Gasteiger partial charge in [-0.3, -0.25) is 4.79 Å². The molecule has 1 aliphatic heterocycles. The average molecular weight is 156 g/mol. The van der Waals surface area contributed by atoms with E-state index >= 15 is 0 Å². The highest BCUT2D eigenvalue weighted by Crippen LogP contribution is 1.99. The summed E-state index contributed by atoms with van der Waals surface area (Å²) in [6, 6.07) is 0.366. The van der Waals surface area contributed by atoms with Crippen LogP contribution in [0.5, 0.6) is 0 Å². The van der Waals surface area contributed by atoms with E-state index < -0.39 is 0 Å². The molecule has 1 heterocycles. The molecule has 3 heteroatoms. The fourth-order valence-electron chi connectivity index (χ4n) is 1.15. The quantitative estimate of drug-likeness (QED) is 0.609. The molecule has 0 aromatic carbocycles. The fraction of sp³-hybridized carbons (Fsp3) is 0.875. The Morgan fingerprint density at radius 2 is 2.45 bits per heavy atom. The molecule has 0 spiro atoms. The molecule has 0 aromatic rings. The maximum absolute atomic E-state index is 10.7. The number of carbonyl (C=O) groups excluding carboxylic acids is 1. The molecule has 0 bridgehead atoms. The minimum atomic E-state index is 0.172. The second-order valence-corrected chi connectivity index (χ2v) is 3.51. The minimum absolute atomic E-state index is 0.172. The van der Waals surface area contributed by atoms with E-state index in [1.54, 1.807) is 0 Å². The van der Waals surface area contributed by atoms with Crippen molar-refractivity contribution < 1.29 is 4.79 Å². The molecule has 0 saturated carbocycles. The van der Waals surface area contributed by atoms with Crippen LogP contribution in [0, 0.1) is 5.92 Å². The summed E-state index contributed by atoms with van der Waals surface area (Å²) in [7, 11) is 0. The van der Waals surface area contributed by atoms with Gasteiger partial charge in [-0.05, 0) is 12.5 Å². The van der Waals surface area contributed by atoms with Gasteiger partial charge in [0.15, 0.2) is 0 Å². The Bertz CT molecular complexity index is 145. The zero-order valence-electron chi connectivity index (χ0n) is 7.18. The van der Waals surface area contributed by atoms with Gasteiger partial charge in [0, 0.05) is 19.0 Å². The molecule has 1 fully saturated rings. The Morgan fingerprint density at radius 1 is 1.73 bits per heavy atom. The standard InChI is InChI=1S/C8H16N2O/c1-6(2)4-9-7-3-8(11)10-5-7/h6-7,9H,3-5H2,1-2H3,(H,10,11)/t7-/m0/s1. The summed E-state index contributed by atoms with van der Waals surface area (Å²) >= 11 is 0. The van der Waals surface area contributed by atoms with Crippen LogP contribution >= 0.6 is 0 Å². The van der Waals surface area contributed by atoms with Crippen LogP contribution < -0.4 is 10.6 Å². The van der Waals surface area contributed by atoms with Crippen LogP contribution in [-0.2, 0) is 4.79 Å². The molecule has 0 radical (unpaired) electrons. The molecular weight excluding hydrogens is 140 g/mol. The molecule has 2 N–H and O–H groups in total. The number of rotatable bonds is 3. The Hall–Kier alpha value is -0.570. The van der Waals surface area contributed by atoms with Crippen LogP contribution in [0.15, 0.2) is 0 Å². The van der Waals surface area contributed by atoms with Gasteiger partial charge in [0.2, 0.25) is 5.91 Å². The Balaban J connectivity index is 2.13. The Kier molecular flexibility index (Phi) is 2.88. The van der Waals surface area contributed by atoms with Gasteiger partial charge in [-0.1, -0.05) is 13.8 Å². The zero-order valence-corrected chi connectivity index (χ0v) is 7.18. The minimum Gasteiger partial charge on any atom is -0.354 e. The first-order valence-electron chi connectivity index (χ1n) is 4.18. The van der Waals surface area contributed by atoms with Crippen molar-refractivity contribution in [3.8, 4) is 0 Å². The van der Waals surface area contributed by atoms with Crippen molar-refractivity contribution in [3.05, 3.63) is 0 Å². The van der Waals surface area contributed by atoms with Gasteiger partial charge in [0.1, 0.15) is 0 Å². The fourth-order valence-corrected chi connectivity index (χ4v) is 1.15. The first-order valence-corrected chi connectivity index (χ1v) is 4.18. The lowest BCUT2D eigenvalue weighted by Gasteiger charge is -2.11. The van der Waals surface area contributed by atoms with Crippen molar-refractivity contribution in [1.29, 1.82) is 0 Å². The third-order valence-corrected chi connectivity index (χ3v) is 1.79. The second-order valence-electron chi connectivity index (χ2n) is 3.51. The van der Waals surface area contributed by atoms with E-state index in [-0.39, 0.29) is 5.91 Å². The Labute approximate surface area is 67.5 Å². The number of hydrogen-bond donors (Lipinski definition) is 2. The van der Waals surface area contributed by atoms with E-state index in [2.05, 4.69) is 24.5 Å². The largest absolute Gasteiger partial charge is 0.354 e. The molecule has 64 valence electrons. The lowest BCUT2D eigenvalue weighted by atomic mass is 10.2. The summed E-state index contributed by atoms with van der Waals surface area (Å²) in [4.78, 5) is 10.7. The van der Waals surface area contributed by atoms with Gasteiger partial charge in [-0.2, -0.15) is 0 Å². The zero-order chi connectivity index (χ0) is 8.27. The lowest BCUT2D eigenvalue weighted by molar-refractivity contribution is -0.119. The van der Waals surface area contributed by atoms with Crippen LogP contribution in [0.25, 0.3) is 0 Å². The van der Waals surface area contributed by atoms with Gasteiger partial charge in [0.25, 0.3) is 0 Å². The van der Waals surface area contributed by atoms with Crippen molar-refractivity contribution >= 4 is 5.91 Å². The van der Waals surface area contributed by atoms with Crippen molar-refractivity contribution in [2.24, 2.45) is 5.92 Å². The normalized spacial score (nSPS) is 24.3. The van der Waals surface area contributed by atoms with Gasteiger partial charge in [-0.25, -0.2) is 0 Å². The molecule has 0 aromatic heterocycles. The van der Waals surface area contributed by atoms with Gasteiger partial charge in [-0.15, -0.1) is 0 Å². The maximum atomic E-state index is 10.7. The molecule has 0 unspecified atom stereocenters. The summed E-state index contributed by atoms with van der Waals surface area (Å²) in [6.45, 7) is 6.12. The van der Waals surface area contributed by atoms with Crippen LogP contribution in [-0.4, -0.2) is 25.0 Å². The molecule has 1 saturated heterocycles. The van der Waals surface area contributed by atoms with Crippen molar-refractivity contribution in [1.82, 2.24) is 10.6 Å². The van der Waals surface area contributed by atoms with Crippen molar-refractivity contribution in [3.63, 3.8) is 0 Å². The molecule has 0 aliphatic carbocycles. The van der Waals surface area contributed by atoms with E-state index in [0.29, 0.717) is 18.4 Å². The van der Waals surface area contributed by atoms with E-state index in [1.165, 1.54) is 0 Å². The molecule has 1 amide bonds. The average Bonchev–Trinajstić information content (AvgIpc) is 2.31. The van der Waals surface area contributed by atoms with E-state index in [0.717, 1.165) is 13.1 Å². The number of hydrogen-bond acceptors (Lipinski definition) is 2. The molecule has 1 aliphatic rings. The van der Waals surface area contributed by atoms with Crippen LogP contribution in [0.1, 0.15) is 20.3 Å². The molecule has 3 nitrogen and oxygen atoms in total. The van der Waals surface area contributed by atoms with Gasteiger partial charge < -0.3 is 10.6 Å². The predicted molar refractivity (Wildman–Crippen MR) is 44.3 cm³/mol. The predicted octanol–water partition coefficient (Wildman–Crippen LogP) is 0.120. The van der Waals surface area contributed by atoms with Gasteiger partial charge in [0.05, 0.1) is 0 Å². The maximum Gasteiger partial charge on any atom is 0.221 e. The first kappa shape index (κ1) is 8.53. The third kappa shape index (κ3) is 2.89. The topological polar surface area (TPSA) is 41.1 Å². The number of nitrogens with one attached hydrogen (secondary N) is 2. The smallest absolute Gasteiger partial charge is 0.221 e. The second kappa shape index (κ2) is 3.72. The molecule has 1 atom stereocenters. The first-order chi connectivity index (χ1) is 5.18. The van der Waals surface area contributed by atoms with Crippen LogP contribution in [0.4, 0.5) is 0 Å². The highest BCUT2D eigenvalue weighted by molar-refractivity contribution is 5.78. The lowest BCUT2D eigenvalue weighted by Crippen LogP contribution is -2.33. The molecule has 11 heavy (non-hydrogen) atoms. The number of amides is 1. The highest BCUT2D eigenvalue weighted by Gasteiger charge is 2.20. The van der Waals surface area contributed by atoms with Crippen molar-refractivity contribution in [2.45, 2.75) is 26.3 Å². The number of carbonyl (C=O) groups is 1. The molecular formula is C8H16N2O. The molecule has 1 rings (SSSR count). The van der Waals surface area contributed by atoms with Crippen LogP contribution in [0.3, 0.4) is 0 Å². The van der Waals surface area contributed by atoms with E-state index in [4.69, 9.17) is 0 Å². The van der Waals surface area contributed by atoms with E-state index in [9.17, 15) is 4.79 Å². The highest BCUT2D eigenvalue weighted by atomic mass is 16.1. The Morgan fingerprint density at radius 3 is 2.91 bits per heavy atom. The third-order valence-electron chi connectivity index (χ3n) is 1.79. The summed E-state index contributed by atoms with van der Waals surface area (Å²) < 4.78 is 0.